The Balaban J connectivity index is 2.23. The highest BCUT2D eigenvalue weighted by molar-refractivity contribution is 5.44. The van der Waals surface area contributed by atoms with E-state index in [0.29, 0.717) is 6.54 Å². The molecule has 0 saturated carbocycles. The van der Waals surface area contributed by atoms with Crippen molar-refractivity contribution in [3.63, 3.8) is 0 Å². The van der Waals surface area contributed by atoms with E-state index in [4.69, 9.17) is 15.2 Å². The van der Waals surface area contributed by atoms with Crippen molar-refractivity contribution in [3.8, 4) is 11.5 Å². The molecular weight excluding hydrogens is 252 g/mol. The predicted octanol–water partition coefficient (Wildman–Crippen LogP) is 2.38. The highest BCUT2D eigenvalue weighted by Crippen LogP contribution is 2.31. The topological polar surface area (TPSA) is 57.4 Å². The van der Waals surface area contributed by atoms with Gasteiger partial charge >= 0.3 is 0 Å². The first-order chi connectivity index (χ1) is 9.78. The molecule has 106 valence electrons. The molecule has 2 N–H and O–H groups in total. The number of benzene rings is 1. The first-order valence-electron chi connectivity index (χ1n) is 6.59. The average Bonchev–Trinajstić information content (AvgIpc) is 2.53. The van der Waals surface area contributed by atoms with Gasteiger partial charge in [-0.2, -0.15) is 0 Å². The van der Waals surface area contributed by atoms with Gasteiger partial charge in [0.15, 0.2) is 11.5 Å². The lowest BCUT2D eigenvalue weighted by Gasteiger charge is -2.17. The van der Waals surface area contributed by atoms with Crippen LogP contribution >= 0.6 is 0 Å². The van der Waals surface area contributed by atoms with Gasteiger partial charge in [0.05, 0.1) is 14.2 Å². The van der Waals surface area contributed by atoms with Gasteiger partial charge in [0.2, 0.25) is 0 Å². The number of rotatable bonds is 6. The fraction of sp³-hybridized carbons (Fsp3) is 0.312. The van der Waals surface area contributed by atoms with E-state index in [9.17, 15) is 0 Å². The van der Waals surface area contributed by atoms with E-state index < -0.39 is 0 Å². The lowest BCUT2D eigenvalue weighted by atomic mass is 9.92. The number of nitrogens with zero attached hydrogens (tertiary/aromatic N) is 1. The summed E-state index contributed by atoms with van der Waals surface area (Å²) in [6.45, 7) is 0.574. The molecule has 1 unspecified atom stereocenters. The lowest BCUT2D eigenvalue weighted by Crippen LogP contribution is -2.15. The highest BCUT2D eigenvalue weighted by atomic mass is 16.5. The summed E-state index contributed by atoms with van der Waals surface area (Å²) in [5.41, 5.74) is 8.25. The van der Waals surface area contributed by atoms with Crippen LogP contribution in [0.1, 0.15) is 17.0 Å². The van der Waals surface area contributed by atoms with Crippen LogP contribution < -0.4 is 15.2 Å². The third kappa shape index (κ3) is 3.27. The largest absolute Gasteiger partial charge is 0.493 e. The van der Waals surface area contributed by atoms with E-state index >= 15 is 0 Å². The molecule has 0 aliphatic rings. The standard InChI is InChI=1S/C16H20N2O2/c1-19-15-6-5-13(9-16(15)20-2)14(10-17)8-12-4-3-7-18-11-12/h3-7,9,11,14H,8,10,17H2,1-2H3. The van der Waals surface area contributed by atoms with Gasteiger partial charge in [-0.15, -0.1) is 0 Å². The summed E-state index contributed by atoms with van der Waals surface area (Å²) in [7, 11) is 3.27. The van der Waals surface area contributed by atoms with Gasteiger partial charge in [-0.3, -0.25) is 4.98 Å². The molecule has 1 aromatic carbocycles. The van der Waals surface area contributed by atoms with E-state index in [2.05, 4.69) is 11.1 Å². The lowest BCUT2D eigenvalue weighted by molar-refractivity contribution is 0.354. The minimum Gasteiger partial charge on any atom is -0.493 e. The first kappa shape index (κ1) is 14.3. The predicted molar refractivity (Wildman–Crippen MR) is 79.3 cm³/mol. The molecule has 0 bridgehead atoms. The molecule has 0 radical (unpaired) electrons. The van der Waals surface area contributed by atoms with Crippen molar-refractivity contribution in [1.82, 2.24) is 4.98 Å². The molecule has 1 atom stereocenters. The Morgan fingerprint density at radius 1 is 1.15 bits per heavy atom. The summed E-state index contributed by atoms with van der Waals surface area (Å²) < 4.78 is 10.6. The summed E-state index contributed by atoms with van der Waals surface area (Å²) in [4.78, 5) is 4.14. The quantitative estimate of drug-likeness (QED) is 0.877. The molecule has 0 spiro atoms. The van der Waals surface area contributed by atoms with Gasteiger partial charge < -0.3 is 15.2 Å². The number of aromatic nitrogens is 1. The zero-order valence-corrected chi connectivity index (χ0v) is 11.9. The van der Waals surface area contributed by atoms with Crippen molar-refractivity contribution in [3.05, 3.63) is 53.9 Å². The molecule has 0 aliphatic carbocycles. The molecule has 1 heterocycles. The number of methoxy groups -OCH3 is 2. The first-order valence-corrected chi connectivity index (χ1v) is 6.59. The zero-order valence-electron chi connectivity index (χ0n) is 11.9. The minimum absolute atomic E-state index is 0.235. The van der Waals surface area contributed by atoms with Crippen LogP contribution in [0.4, 0.5) is 0 Å². The van der Waals surface area contributed by atoms with Crippen LogP contribution in [0.3, 0.4) is 0 Å². The molecule has 0 aliphatic heterocycles. The maximum Gasteiger partial charge on any atom is 0.160 e. The smallest absolute Gasteiger partial charge is 0.160 e. The van der Waals surface area contributed by atoms with Gasteiger partial charge in [-0.05, 0) is 42.3 Å². The van der Waals surface area contributed by atoms with E-state index in [1.54, 1.807) is 20.4 Å². The minimum atomic E-state index is 0.235. The fourth-order valence-corrected chi connectivity index (χ4v) is 2.25. The van der Waals surface area contributed by atoms with Gasteiger partial charge in [0.1, 0.15) is 0 Å². The summed E-state index contributed by atoms with van der Waals surface area (Å²) in [6.07, 6.45) is 4.51. The second-order valence-corrected chi connectivity index (χ2v) is 4.61. The van der Waals surface area contributed by atoms with E-state index in [-0.39, 0.29) is 5.92 Å². The maximum absolute atomic E-state index is 5.92. The molecule has 2 aromatic rings. The van der Waals surface area contributed by atoms with E-state index in [1.165, 1.54) is 5.56 Å². The SMILES string of the molecule is COc1ccc(C(CN)Cc2cccnc2)cc1OC. The Morgan fingerprint density at radius 2 is 1.95 bits per heavy atom. The molecule has 0 fully saturated rings. The summed E-state index contributed by atoms with van der Waals surface area (Å²) in [6, 6.07) is 9.95. The van der Waals surface area contributed by atoms with Gasteiger partial charge in [-0.25, -0.2) is 0 Å². The number of hydrogen-bond acceptors (Lipinski definition) is 4. The Labute approximate surface area is 119 Å². The Morgan fingerprint density at radius 3 is 2.55 bits per heavy atom. The average molecular weight is 272 g/mol. The molecule has 20 heavy (non-hydrogen) atoms. The van der Waals surface area contributed by atoms with Crippen LogP contribution in [0.15, 0.2) is 42.7 Å². The molecule has 0 saturated heterocycles. The fourth-order valence-electron chi connectivity index (χ4n) is 2.25. The van der Waals surface area contributed by atoms with Crippen LogP contribution in [-0.2, 0) is 6.42 Å². The highest BCUT2D eigenvalue weighted by Gasteiger charge is 2.14. The normalized spacial score (nSPS) is 11.9. The van der Waals surface area contributed by atoms with Crippen molar-refractivity contribution in [2.24, 2.45) is 5.73 Å². The van der Waals surface area contributed by atoms with Crippen molar-refractivity contribution in [2.45, 2.75) is 12.3 Å². The summed E-state index contributed by atoms with van der Waals surface area (Å²) >= 11 is 0. The monoisotopic (exact) mass is 272 g/mol. The van der Waals surface area contributed by atoms with Crippen molar-refractivity contribution in [2.75, 3.05) is 20.8 Å². The molecule has 1 aromatic heterocycles. The molecule has 2 rings (SSSR count). The van der Waals surface area contributed by atoms with Gasteiger partial charge in [-0.1, -0.05) is 12.1 Å². The van der Waals surface area contributed by atoms with Crippen molar-refractivity contribution < 1.29 is 9.47 Å². The number of hydrogen-bond donors (Lipinski definition) is 1. The third-order valence-electron chi connectivity index (χ3n) is 3.37. The van der Waals surface area contributed by atoms with Crippen molar-refractivity contribution in [1.29, 1.82) is 0 Å². The summed E-state index contributed by atoms with van der Waals surface area (Å²) in [5.74, 6) is 1.70. The number of ether oxygens (including phenoxy) is 2. The van der Waals surface area contributed by atoms with Gasteiger partial charge in [0, 0.05) is 18.3 Å². The van der Waals surface area contributed by atoms with E-state index in [0.717, 1.165) is 23.5 Å². The number of nitrogens with two attached hydrogens (primary N) is 1. The Kier molecular flexibility index (Phi) is 4.96. The van der Waals surface area contributed by atoms with Crippen LogP contribution in [0.2, 0.25) is 0 Å². The van der Waals surface area contributed by atoms with Crippen LogP contribution in [0.25, 0.3) is 0 Å². The Bertz CT molecular complexity index is 543. The molecule has 4 nitrogen and oxygen atoms in total. The molecule has 4 heteroatoms. The summed E-state index contributed by atoms with van der Waals surface area (Å²) in [5, 5.41) is 0. The second-order valence-electron chi connectivity index (χ2n) is 4.61. The zero-order chi connectivity index (χ0) is 14.4. The van der Waals surface area contributed by atoms with Crippen LogP contribution in [-0.4, -0.2) is 25.7 Å². The molecular formula is C16H20N2O2. The van der Waals surface area contributed by atoms with Crippen molar-refractivity contribution >= 4 is 0 Å². The Hall–Kier alpha value is -2.07. The molecule has 0 amide bonds. The number of pyridine rings is 1. The van der Waals surface area contributed by atoms with Gasteiger partial charge in [0.25, 0.3) is 0 Å². The maximum atomic E-state index is 5.92. The third-order valence-corrected chi connectivity index (χ3v) is 3.37. The second kappa shape index (κ2) is 6.91. The van der Waals surface area contributed by atoms with Crippen LogP contribution in [0, 0.1) is 0 Å². The van der Waals surface area contributed by atoms with E-state index in [1.807, 2.05) is 30.5 Å². The van der Waals surface area contributed by atoms with Crippen LogP contribution in [0.5, 0.6) is 11.5 Å².